The van der Waals surface area contributed by atoms with Gasteiger partial charge in [-0.1, -0.05) is 19.1 Å². The molecule has 0 aliphatic carbocycles. The van der Waals surface area contributed by atoms with Crippen LogP contribution in [0.15, 0.2) is 40.4 Å². The van der Waals surface area contributed by atoms with Crippen molar-refractivity contribution < 1.29 is 4.74 Å². The van der Waals surface area contributed by atoms with Gasteiger partial charge in [0.15, 0.2) is 5.96 Å². The Labute approximate surface area is 158 Å². The van der Waals surface area contributed by atoms with Crippen LogP contribution in [0.4, 0.5) is 0 Å². The summed E-state index contributed by atoms with van der Waals surface area (Å²) in [6.45, 7) is 5.85. The van der Waals surface area contributed by atoms with E-state index < -0.39 is 0 Å². The molecule has 0 saturated heterocycles. The van der Waals surface area contributed by atoms with Crippen molar-refractivity contribution in [2.24, 2.45) is 10.9 Å². The van der Waals surface area contributed by atoms with Gasteiger partial charge in [0, 0.05) is 35.3 Å². The lowest BCUT2D eigenvalue weighted by molar-refractivity contribution is 0.405. The normalized spacial score (nSPS) is 12.7. The van der Waals surface area contributed by atoms with Crippen LogP contribution in [-0.2, 0) is 6.54 Å². The number of ether oxygens (including phenoxy) is 1. The van der Waals surface area contributed by atoms with Gasteiger partial charge in [0.1, 0.15) is 10.8 Å². The SMILES string of the molecule is CN=C(NCc1ncc(C)s1)NCC(C)CSc1ccccc1OC. The molecule has 0 fully saturated rings. The Bertz CT molecular complexity index is 687. The number of benzene rings is 1. The summed E-state index contributed by atoms with van der Waals surface area (Å²) in [6.07, 6.45) is 1.90. The van der Waals surface area contributed by atoms with Crippen LogP contribution in [0, 0.1) is 12.8 Å². The highest BCUT2D eigenvalue weighted by Gasteiger charge is 2.08. The molecular weight excluding hydrogens is 352 g/mol. The Balaban J connectivity index is 1.73. The van der Waals surface area contributed by atoms with Crippen LogP contribution < -0.4 is 15.4 Å². The zero-order valence-electron chi connectivity index (χ0n) is 15.2. The van der Waals surface area contributed by atoms with Crippen LogP contribution in [0.1, 0.15) is 16.8 Å². The number of hydrogen-bond acceptors (Lipinski definition) is 5. The first-order valence-electron chi connectivity index (χ1n) is 8.24. The van der Waals surface area contributed by atoms with Crippen molar-refractivity contribution >= 4 is 29.1 Å². The molecule has 0 amide bonds. The number of methoxy groups -OCH3 is 1. The van der Waals surface area contributed by atoms with Crippen LogP contribution in [-0.4, -0.2) is 37.4 Å². The molecule has 0 aliphatic heterocycles. The molecule has 0 spiro atoms. The van der Waals surface area contributed by atoms with Crippen LogP contribution in [0.3, 0.4) is 0 Å². The number of rotatable bonds is 8. The molecule has 1 aromatic carbocycles. The number of aryl methyl sites for hydroxylation is 1. The molecule has 0 radical (unpaired) electrons. The van der Waals surface area contributed by atoms with Gasteiger partial charge in [0.25, 0.3) is 0 Å². The minimum atomic E-state index is 0.496. The highest BCUT2D eigenvalue weighted by Crippen LogP contribution is 2.29. The maximum Gasteiger partial charge on any atom is 0.191 e. The van der Waals surface area contributed by atoms with Gasteiger partial charge in [-0.2, -0.15) is 0 Å². The summed E-state index contributed by atoms with van der Waals surface area (Å²) in [5, 5.41) is 7.76. The maximum atomic E-state index is 5.40. The minimum absolute atomic E-state index is 0.496. The van der Waals surface area contributed by atoms with E-state index in [0.717, 1.165) is 29.0 Å². The molecule has 1 heterocycles. The lowest BCUT2D eigenvalue weighted by Gasteiger charge is -2.16. The molecule has 1 atom stereocenters. The Hall–Kier alpha value is -1.73. The van der Waals surface area contributed by atoms with Gasteiger partial charge >= 0.3 is 0 Å². The second kappa shape index (κ2) is 10.3. The Morgan fingerprint density at radius 3 is 2.84 bits per heavy atom. The van der Waals surface area contributed by atoms with E-state index in [9.17, 15) is 0 Å². The van der Waals surface area contributed by atoms with Crippen molar-refractivity contribution in [1.82, 2.24) is 15.6 Å². The van der Waals surface area contributed by atoms with E-state index in [1.54, 1.807) is 25.5 Å². The van der Waals surface area contributed by atoms with Crippen molar-refractivity contribution in [2.45, 2.75) is 25.3 Å². The smallest absolute Gasteiger partial charge is 0.191 e. The first kappa shape index (κ1) is 19.6. The van der Waals surface area contributed by atoms with E-state index in [1.165, 1.54) is 9.77 Å². The number of nitrogens with one attached hydrogen (secondary N) is 2. The topological polar surface area (TPSA) is 58.5 Å². The number of nitrogens with zero attached hydrogens (tertiary/aromatic N) is 2. The molecule has 0 saturated carbocycles. The number of thiazole rings is 1. The summed E-state index contributed by atoms with van der Waals surface area (Å²) in [6, 6.07) is 8.13. The van der Waals surface area contributed by atoms with E-state index in [0.29, 0.717) is 12.5 Å². The van der Waals surface area contributed by atoms with E-state index >= 15 is 0 Å². The number of thioether (sulfide) groups is 1. The molecule has 0 aliphatic rings. The fourth-order valence-corrected chi connectivity index (χ4v) is 3.94. The lowest BCUT2D eigenvalue weighted by Crippen LogP contribution is -2.39. The number of para-hydroxylation sites is 1. The van der Waals surface area contributed by atoms with Gasteiger partial charge in [0.2, 0.25) is 0 Å². The molecule has 2 aromatic rings. The molecule has 1 unspecified atom stereocenters. The van der Waals surface area contributed by atoms with Crippen LogP contribution in [0.2, 0.25) is 0 Å². The Morgan fingerprint density at radius 2 is 2.16 bits per heavy atom. The van der Waals surface area contributed by atoms with Crippen LogP contribution in [0.25, 0.3) is 0 Å². The number of hydrogen-bond donors (Lipinski definition) is 2. The number of aromatic nitrogens is 1. The van der Waals surface area contributed by atoms with E-state index in [1.807, 2.05) is 36.2 Å². The predicted molar refractivity (Wildman–Crippen MR) is 108 cm³/mol. The third-order valence-electron chi connectivity index (χ3n) is 3.51. The molecule has 1 aromatic heterocycles. The summed E-state index contributed by atoms with van der Waals surface area (Å²) in [5.41, 5.74) is 0. The minimum Gasteiger partial charge on any atom is -0.496 e. The standard InChI is InChI=1S/C18H26N4OS2/c1-13(12-24-16-8-6-5-7-15(16)23-4)9-21-18(19-3)22-11-17-20-10-14(2)25-17/h5-8,10,13H,9,11-12H2,1-4H3,(H2,19,21,22). The van der Waals surface area contributed by atoms with Crippen LogP contribution in [0.5, 0.6) is 5.75 Å². The first-order valence-corrected chi connectivity index (χ1v) is 10.0. The molecule has 0 bridgehead atoms. The van der Waals surface area contributed by atoms with Crippen LogP contribution >= 0.6 is 23.1 Å². The van der Waals surface area contributed by atoms with Gasteiger partial charge in [-0.25, -0.2) is 4.98 Å². The third-order valence-corrected chi connectivity index (χ3v) is 5.81. The summed E-state index contributed by atoms with van der Waals surface area (Å²) in [4.78, 5) is 11.0. The van der Waals surface area contributed by atoms with Crippen molar-refractivity contribution in [3.05, 3.63) is 40.3 Å². The molecule has 136 valence electrons. The van der Waals surface area contributed by atoms with Crippen molar-refractivity contribution in [1.29, 1.82) is 0 Å². The highest BCUT2D eigenvalue weighted by atomic mass is 32.2. The van der Waals surface area contributed by atoms with Crippen molar-refractivity contribution in [2.75, 3.05) is 26.5 Å². The zero-order chi connectivity index (χ0) is 18.1. The fourth-order valence-electron chi connectivity index (χ4n) is 2.16. The van der Waals surface area contributed by atoms with E-state index in [2.05, 4.69) is 40.5 Å². The average molecular weight is 379 g/mol. The third kappa shape index (κ3) is 6.59. The molecular formula is C18H26N4OS2. The average Bonchev–Trinajstić information content (AvgIpc) is 3.05. The fraction of sp³-hybridized carbons (Fsp3) is 0.444. The second-order valence-electron chi connectivity index (χ2n) is 5.74. The van der Waals surface area contributed by atoms with Gasteiger partial charge in [-0.15, -0.1) is 23.1 Å². The van der Waals surface area contributed by atoms with E-state index in [-0.39, 0.29) is 0 Å². The largest absolute Gasteiger partial charge is 0.496 e. The molecule has 2 rings (SSSR count). The summed E-state index contributed by atoms with van der Waals surface area (Å²) in [7, 11) is 3.50. The van der Waals surface area contributed by atoms with Gasteiger partial charge in [-0.05, 0) is 25.0 Å². The predicted octanol–water partition coefficient (Wildman–Crippen LogP) is 3.55. The molecule has 25 heavy (non-hydrogen) atoms. The number of aliphatic imine (C=N–C) groups is 1. The Kier molecular flexibility index (Phi) is 8.08. The highest BCUT2D eigenvalue weighted by molar-refractivity contribution is 7.99. The quantitative estimate of drug-likeness (QED) is 0.418. The number of guanidine groups is 1. The van der Waals surface area contributed by atoms with Gasteiger partial charge < -0.3 is 15.4 Å². The summed E-state index contributed by atoms with van der Waals surface area (Å²) >= 11 is 3.52. The summed E-state index contributed by atoms with van der Waals surface area (Å²) in [5.74, 6) is 3.25. The summed E-state index contributed by atoms with van der Waals surface area (Å²) < 4.78 is 5.40. The van der Waals surface area contributed by atoms with Crippen molar-refractivity contribution in [3.63, 3.8) is 0 Å². The second-order valence-corrected chi connectivity index (χ2v) is 8.12. The van der Waals surface area contributed by atoms with Gasteiger partial charge in [0.05, 0.1) is 13.7 Å². The monoisotopic (exact) mass is 378 g/mol. The lowest BCUT2D eigenvalue weighted by atomic mass is 10.2. The van der Waals surface area contributed by atoms with Crippen molar-refractivity contribution in [3.8, 4) is 5.75 Å². The Morgan fingerprint density at radius 1 is 1.36 bits per heavy atom. The molecule has 5 nitrogen and oxygen atoms in total. The first-order chi connectivity index (χ1) is 12.1. The molecule has 2 N–H and O–H groups in total. The van der Waals surface area contributed by atoms with E-state index in [4.69, 9.17) is 4.74 Å². The molecule has 7 heteroatoms. The zero-order valence-corrected chi connectivity index (χ0v) is 16.8. The van der Waals surface area contributed by atoms with Gasteiger partial charge in [-0.3, -0.25) is 4.99 Å². The maximum absolute atomic E-state index is 5.40.